The molecule has 0 bridgehead atoms. The van der Waals surface area contributed by atoms with Gasteiger partial charge in [0.25, 0.3) is 0 Å². The van der Waals surface area contributed by atoms with Crippen LogP contribution in [0.5, 0.6) is 0 Å². The average molecular weight is 439 g/mol. The number of benzene rings is 2. The molecule has 1 fully saturated rings. The van der Waals surface area contributed by atoms with E-state index in [4.69, 9.17) is 4.98 Å². The minimum Gasteiger partial charge on any atom is -0.357 e. The maximum atomic E-state index is 12.6. The number of pyridine rings is 1. The van der Waals surface area contributed by atoms with Crippen molar-refractivity contribution in [1.82, 2.24) is 4.98 Å². The lowest BCUT2D eigenvalue weighted by atomic mass is 10.1. The highest BCUT2D eigenvalue weighted by Gasteiger charge is 2.29. The summed E-state index contributed by atoms with van der Waals surface area (Å²) in [5, 5.41) is 3.71. The molecule has 3 aromatic rings. The van der Waals surface area contributed by atoms with Gasteiger partial charge in [-0.25, -0.2) is 4.98 Å². The predicted octanol–water partition coefficient (Wildman–Crippen LogP) is 6.29. The second-order valence-electron chi connectivity index (χ2n) is 7.92. The number of alkyl halides is 3. The van der Waals surface area contributed by atoms with Crippen LogP contribution < -0.4 is 10.2 Å². The number of hydrogen-bond acceptors (Lipinski definition) is 3. The van der Waals surface area contributed by atoms with E-state index in [0.717, 1.165) is 41.9 Å². The van der Waals surface area contributed by atoms with Crippen molar-refractivity contribution in [2.24, 2.45) is 0 Å². The standard InChI is InChI=1S/C25H24F3N3O/c26-25(27,28)20-9-5-18(6-10-20)7-14-24(32)29-21-11-12-22-19(17-21)8-13-23(30-22)31-15-3-1-2-4-16-31/h5-14,17H,1-4,15-16H2,(H,29,32)/b14-7+. The summed E-state index contributed by atoms with van der Waals surface area (Å²) in [6, 6.07) is 14.2. The Morgan fingerprint density at radius 1 is 0.938 bits per heavy atom. The Hall–Kier alpha value is -3.35. The topological polar surface area (TPSA) is 45.2 Å². The van der Waals surface area contributed by atoms with E-state index >= 15 is 0 Å². The number of rotatable bonds is 4. The van der Waals surface area contributed by atoms with E-state index < -0.39 is 11.7 Å². The van der Waals surface area contributed by atoms with Crippen molar-refractivity contribution in [3.63, 3.8) is 0 Å². The van der Waals surface area contributed by atoms with Crippen molar-refractivity contribution in [2.45, 2.75) is 31.9 Å². The van der Waals surface area contributed by atoms with Crippen LogP contribution >= 0.6 is 0 Å². The van der Waals surface area contributed by atoms with Crippen LogP contribution in [0.4, 0.5) is 24.7 Å². The van der Waals surface area contributed by atoms with Crippen LogP contribution in [-0.4, -0.2) is 24.0 Å². The first-order valence-corrected chi connectivity index (χ1v) is 10.7. The van der Waals surface area contributed by atoms with Crippen molar-refractivity contribution >= 4 is 34.4 Å². The minimum atomic E-state index is -4.38. The van der Waals surface area contributed by atoms with E-state index in [1.54, 1.807) is 6.07 Å². The van der Waals surface area contributed by atoms with Crippen LogP contribution in [0.3, 0.4) is 0 Å². The maximum Gasteiger partial charge on any atom is 0.416 e. The second-order valence-corrected chi connectivity index (χ2v) is 7.92. The van der Waals surface area contributed by atoms with Gasteiger partial charge in [-0.05, 0) is 66.9 Å². The molecular formula is C25H24F3N3O. The number of anilines is 2. The molecule has 1 saturated heterocycles. The van der Waals surface area contributed by atoms with Gasteiger partial charge in [-0.15, -0.1) is 0 Å². The highest BCUT2D eigenvalue weighted by Crippen LogP contribution is 2.29. The summed E-state index contributed by atoms with van der Waals surface area (Å²) >= 11 is 0. The number of aromatic nitrogens is 1. The molecule has 1 aliphatic heterocycles. The Morgan fingerprint density at radius 3 is 2.34 bits per heavy atom. The number of nitrogens with zero attached hydrogens (tertiary/aromatic N) is 2. The fraction of sp³-hybridized carbons (Fsp3) is 0.280. The molecule has 1 aromatic heterocycles. The van der Waals surface area contributed by atoms with Crippen LogP contribution in [0.25, 0.3) is 17.0 Å². The third kappa shape index (κ3) is 5.46. The smallest absolute Gasteiger partial charge is 0.357 e. The third-order valence-corrected chi connectivity index (χ3v) is 5.54. The zero-order valence-electron chi connectivity index (χ0n) is 17.5. The number of nitrogens with one attached hydrogen (secondary N) is 1. The molecule has 2 heterocycles. The van der Waals surface area contributed by atoms with Gasteiger partial charge >= 0.3 is 6.18 Å². The highest BCUT2D eigenvalue weighted by atomic mass is 19.4. The molecule has 0 saturated carbocycles. The van der Waals surface area contributed by atoms with Gasteiger partial charge in [-0.1, -0.05) is 25.0 Å². The Labute approximate surface area is 184 Å². The highest BCUT2D eigenvalue weighted by molar-refractivity contribution is 6.03. The van der Waals surface area contributed by atoms with Gasteiger partial charge in [-0.2, -0.15) is 13.2 Å². The van der Waals surface area contributed by atoms with Crippen LogP contribution in [0.15, 0.2) is 60.7 Å². The molecule has 0 spiro atoms. The van der Waals surface area contributed by atoms with Crippen molar-refractivity contribution in [2.75, 3.05) is 23.3 Å². The molecule has 0 aliphatic carbocycles. The number of fused-ring (bicyclic) bond motifs is 1. The summed E-state index contributed by atoms with van der Waals surface area (Å²) in [5.74, 6) is 0.619. The molecule has 4 nitrogen and oxygen atoms in total. The van der Waals surface area contributed by atoms with E-state index in [0.29, 0.717) is 11.3 Å². The van der Waals surface area contributed by atoms with Crippen molar-refractivity contribution in [3.8, 4) is 0 Å². The van der Waals surface area contributed by atoms with Crippen LogP contribution in [0, 0.1) is 0 Å². The molecule has 0 unspecified atom stereocenters. The predicted molar refractivity (Wildman–Crippen MR) is 122 cm³/mol. The van der Waals surface area contributed by atoms with Gasteiger partial charge in [0.05, 0.1) is 11.1 Å². The first kappa shape index (κ1) is 21.9. The van der Waals surface area contributed by atoms with Crippen LogP contribution in [-0.2, 0) is 11.0 Å². The zero-order chi connectivity index (χ0) is 22.6. The fourth-order valence-electron chi connectivity index (χ4n) is 3.81. The molecule has 1 amide bonds. The van der Waals surface area contributed by atoms with Crippen molar-refractivity contribution in [3.05, 3.63) is 71.8 Å². The van der Waals surface area contributed by atoms with Crippen LogP contribution in [0.2, 0.25) is 0 Å². The molecule has 166 valence electrons. The average Bonchev–Trinajstić information content (AvgIpc) is 3.07. The fourth-order valence-corrected chi connectivity index (χ4v) is 3.81. The number of halogens is 3. The van der Waals surface area contributed by atoms with E-state index in [1.165, 1.54) is 50.0 Å². The SMILES string of the molecule is O=C(/C=C/c1ccc(C(F)(F)F)cc1)Nc1ccc2nc(N3CCCCCC3)ccc2c1. The third-order valence-electron chi connectivity index (χ3n) is 5.54. The molecule has 7 heteroatoms. The number of carbonyl (C=O) groups excluding carboxylic acids is 1. The lowest BCUT2D eigenvalue weighted by Crippen LogP contribution is -2.24. The lowest BCUT2D eigenvalue weighted by molar-refractivity contribution is -0.137. The monoisotopic (exact) mass is 439 g/mol. The second kappa shape index (κ2) is 9.42. The summed E-state index contributed by atoms with van der Waals surface area (Å²) in [7, 11) is 0. The van der Waals surface area contributed by atoms with Crippen molar-refractivity contribution in [1.29, 1.82) is 0 Å². The summed E-state index contributed by atoms with van der Waals surface area (Å²) in [5.41, 5.74) is 1.29. The Balaban J connectivity index is 1.41. The molecule has 0 atom stereocenters. The van der Waals surface area contributed by atoms with E-state index in [-0.39, 0.29) is 5.91 Å². The number of hydrogen-bond donors (Lipinski definition) is 1. The Kier molecular flexibility index (Phi) is 6.44. The minimum absolute atomic E-state index is 0.363. The van der Waals surface area contributed by atoms with Gasteiger partial charge in [0.15, 0.2) is 0 Å². The number of amides is 1. The molecule has 32 heavy (non-hydrogen) atoms. The zero-order valence-corrected chi connectivity index (χ0v) is 17.5. The van der Waals surface area contributed by atoms with Gasteiger partial charge in [0.1, 0.15) is 5.82 Å². The number of carbonyl (C=O) groups is 1. The first-order chi connectivity index (χ1) is 15.4. The van der Waals surface area contributed by atoms with Crippen molar-refractivity contribution < 1.29 is 18.0 Å². The van der Waals surface area contributed by atoms with Crippen LogP contribution in [0.1, 0.15) is 36.8 Å². The van der Waals surface area contributed by atoms with E-state index in [1.807, 2.05) is 24.3 Å². The van der Waals surface area contributed by atoms with Gasteiger partial charge < -0.3 is 10.2 Å². The van der Waals surface area contributed by atoms with E-state index in [2.05, 4.69) is 10.2 Å². The van der Waals surface area contributed by atoms with Gasteiger partial charge in [0, 0.05) is 30.2 Å². The summed E-state index contributed by atoms with van der Waals surface area (Å²) < 4.78 is 37.9. The summed E-state index contributed by atoms with van der Waals surface area (Å²) in [6.07, 6.45) is 3.30. The molecule has 1 aliphatic rings. The quantitative estimate of drug-likeness (QED) is 0.486. The lowest BCUT2D eigenvalue weighted by Gasteiger charge is -2.21. The molecule has 2 aromatic carbocycles. The molecule has 0 radical (unpaired) electrons. The first-order valence-electron chi connectivity index (χ1n) is 10.7. The maximum absolute atomic E-state index is 12.6. The van der Waals surface area contributed by atoms with Gasteiger partial charge in [-0.3, -0.25) is 4.79 Å². The molecule has 1 N–H and O–H groups in total. The molecule has 4 rings (SSSR count). The van der Waals surface area contributed by atoms with Gasteiger partial charge in [0.2, 0.25) is 5.91 Å². The largest absolute Gasteiger partial charge is 0.416 e. The van der Waals surface area contributed by atoms with E-state index in [9.17, 15) is 18.0 Å². The summed E-state index contributed by atoms with van der Waals surface area (Å²) in [6.45, 7) is 2.05. The summed E-state index contributed by atoms with van der Waals surface area (Å²) in [4.78, 5) is 19.3. The normalized spacial score (nSPS) is 15.2. The Morgan fingerprint density at radius 2 is 1.66 bits per heavy atom. The Bertz CT molecular complexity index is 1120. The molecular weight excluding hydrogens is 415 g/mol.